The number of likely N-dealkylation sites (tertiary alicyclic amines) is 2. The average molecular weight is 346 g/mol. The standard InChI is InChI=1S/C19H30N4O2/c1-15(2)25-18-8-7-16(12-20-18)13-21-19(24)23-11-5-6-17(23)14-22-9-3-4-10-22/h7-8,12,15,17H,3-6,9-11,13-14H2,1-2H3,(H,21,24). The number of amides is 2. The van der Waals surface area contributed by atoms with Gasteiger partial charge in [-0.15, -0.1) is 0 Å². The molecule has 1 aromatic heterocycles. The fraction of sp³-hybridized carbons (Fsp3) is 0.684. The van der Waals surface area contributed by atoms with E-state index in [1.54, 1.807) is 6.20 Å². The zero-order chi connectivity index (χ0) is 17.6. The number of urea groups is 1. The summed E-state index contributed by atoms with van der Waals surface area (Å²) >= 11 is 0. The molecule has 2 amide bonds. The van der Waals surface area contributed by atoms with Crippen LogP contribution in [-0.2, 0) is 6.54 Å². The van der Waals surface area contributed by atoms with Gasteiger partial charge in [-0.1, -0.05) is 6.07 Å². The van der Waals surface area contributed by atoms with Crippen LogP contribution < -0.4 is 10.1 Å². The minimum Gasteiger partial charge on any atom is -0.475 e. The number of carbonyl (C=O) groups excluding carboxylic acids is 1. The van der Waals surface area contributed by atoms with Crippen LogP contribution in [0, 0.1) is 0 Å². The van der Waals surface area contributed by atoms with E-state index in [0.29, 0.717) is 18.5 Å². The molecule has 0 radical (unpaired) electrons. The Hall–Kier alpha value is -1.82. The van der Waals surface area contributed by atoms with E-state index in [1.165, 1.54) is 25.9 Å². The first-order chi connectivity index (χ1) is 12.1. The lowest BCUT2D eigenvalue weighted by atomic mass is 10.2. The van der Waals surface area contributed by atoms with E-state index >= 15 is 0 Å². The monoisotopic (exact) mass is 346 g/mol. The number of carbonyl (C=O) groups is 1. The molecule has 2 fully saturated rings. The van der Waals surface area contributed by atoms with Crippen LogP contribution in [0.1, 0.15) is 45.1 Å². The highest BCUT2D eigenvalue weighted by atomic mass is 16.5. The maximum Gasteiger partial charge on any atom is 0.317 e. The van der Waals surface area contributed by atoms with Crippen LogP contribution in [0.15, 0.2) is 18.3 Å². The van der Waals surface area contributed by atoms with Gasteiger partial charge in [0.2, 0.25) is 5.88 Å². The van der Waals surface area contributed by atoms with Crippen LogP contribution in [-0.4, -0.2) is 59.1 Å². The number of nitrogens with one attached hydrogen (secondary N) is 1. The fourth-order valence-corrected chi connectivity index (χ4v) is 3.66. The first-order valence-corrected chi connectivity index (χ1v) is 9.50. The number of pyridine rings is 1. The van der Waals surface area contributed by atoms with Crippen molar-refractivity contribution >= 4 is 6.03 Å². The Kier molecular flexibility index (Phi) is 6.13. The number of ether oxygens (including phenoxy) is 1. The summed E-state index contributed by atoms with van der Waals surface area (Å²) in [5.41, 5.74) is 0.986. The molecule has 25 heavy (non-hydrogen) atoms. The van der Waals surface area contributed by atoms with Crippen molar-refractivity contribution < 1.29 is 9.53 Å². The van der Waals surface area contributed by atoms with E-state index in [1.807, 2.05) is 30.9 Å². The molecule has 0 bridgehead atoms. The van der Waals surface area contributed by atoms with Crippen molar-refractivity contribution in [3.63, 3.8) is 0 Å². The maximum absolute atomic E-state index is 12.6. The van der Waals surface area contributed by atoms with Gasteiger partial charge in [0.25, 0.3) is 0 Å². The Labute approximate surface area is 150 Å². The SMILES string of the molecule is CC(C)Oc1ccc(CNC(=O)N2CCCC2CN2CCCC2)cn1. The molecular weight excluding hydrogens is 316 g/mol. The van der Waals surface area contributed by atoms with Gasteiger partial charge in [0, 0.05) is 37.9 Å². The van der Waals surface area contributed by atoms with Gasteiger partial charge in [0.15, 0.2) is 0 Å². The second-order valence-corrected chi connectivity index (χ2v) is 7.33. The summed E-state index contributed by atoms with van der Waals surface area (Å²) in [7, 11) is 0. The second kappa shape index (κ2) is 8.52. The molecule has 0 saturated carbocycles. The number of nitrogens with zero attached hydrogens (tertiary/aromatic N) is 3. The fourth-order valence-electron chi connectivity index (χ4n) is 3.66. The van der Waals surface area contributed by atoms with Crippen LogP contribution in [0.3, 0.4) is 0 Å². The quantitative estimate of drug-likeness (QED) is 0.860. The molecule has 1 atom stereocenters. The normalized spacial score (nSPS) is 21.1. The summed E-state index contributed by atoms with van der Waals surface area (Å²) in [6.07, 6.45) is 6.69. The zero-order valence-corrected chi connectivity index (χ0v) is 15.4. The van der Waals surface area contributed by atoms with E-state index in [-0.39, 0.29) is 12.1 Å². The summed E-state index contributed by atoms with van der Waals surface area (Å²) in [4.78, 5) is 21.4. The van der Waals surface area contributed by atoms with Crippen molar-refractivity contribution in [2.75, 3.05) is 26.2 Å². The van der Waals surface area contributed by atoms with Crippen molar-refractivity contribution in [3.8, 4) is 5.88 Å². The van der Waals surface area contributed by atoms with Crippen molar-refractivity contribution in [2.45, 2.75) is 58.2 Å². The van der Waals surface area contributed by atoms with Crippen LogP contribution in [0.2, 0.25) is 0 Å². The molecule has 3 rings (SSSR count). The minimum atomic E-state index is 0.0456. The highest BCUT2D eigenvalue weighted by Gasteiger charge is 2.30. The van der Waals surface area contributed by atoms with Crippen molar-refractivity contribution in [1.82, 2.24) is 20.1 Å². The van der Waals surface area contributed by atoms with E-state index in [0.717, 1.165) is 31.5 Å². The minimum absolute atomic E-state index is 0.0456. The Morgan fingerprint density at radius 3 is 2.76 bits per heavy atom. The summed E-state index contributed by atoms with van der Waals surface area (Å²) in [5.74, 6) is 0.621. The lowest BCUT2D eigenvalue weighted by molar-refractivity contribution is 0.174. The molecule has 6 heteroatoms. The molecule has 6 nitrogen and oxygen atoms in total. The van der Waals surface area contributed by atoms with E-state index in [9.17, 15) is 4.79 Å². The molecule has 0 aromatic carbocycles. The molecule has 0 aliphatic carbocycles. The van der Waals surface area contributed by atoms with Crippen LogP contribution in [0.4, 0.5) is 4.79 Å². The molecule has 1 N–H and O–H groups in total. The smallest absolute Gasteiger partial charge is 0.317 e. The van der Waals surface area contributed by atoms with E-state index < -0.39 is 0 Å². The molecule has 3 heterocycles. The van der Waals surface area contributed by atoms with Gasteiger partial charge in [-0.3, -0.25) is 0 Å². The van der Waals surface area contributed by atoms with Gasteiger partial charge in [0.05, 0.1) is 6.10 Å². The van der Waals surface area contributed by atoms with Crippen LogP contribution in [0.25, 0.3) is 0 Å². The third kappa shape index (κ3) is 5.08. The van der Waals surface area contributed by atoms with Gasteiger partial charge in [-0.25, -0.2) is 9.78 Å². The van der Waals surface area contributed by atoms with Crippen molar-refractivity contribution in [1.29, 1.82) is 0 Å². The molecule has 1 aromatic rings. The topological polar surface area (TPSA) is 57.7 Å². The van der Waals surface area contributed by atoms with Crippen LogP contribution >= 0.6 is 0 Å². The number of hydrogen-bond donors (Lipinski definition) is 1. The summed E-state index contributed by atoms with van der Waals surface area (Å²) in [5, 5.41) is 3.04. The third-order valence-electron chi connectivity index (χ3n) is 4.90. The molecule has 2 aliphatic rings. The predicted octanol–water partition coefficient (Wildman–Crippen LogP) is 2.64. The van der Waals surface area contributed by atoms with Gasteiger partial charge >= 0.3 is 6.03 Å². The number of rotatable bonds is 6. The van der Waals surface area contributed by atoms with Crippen LogP contribution in [0.5, 0.6) is 5.88 Å². The first kappa shape index (κ1) is 18.0. The Morgan fingerprint density at radius 2 is 2.08 bits per heavy atom. The Balaban J connectivity index is 1.47. The second-order valence-electron chi connectivity index (χ2n) is 7.33. The van der Waals surface area contributed by atoms with Crippen molar-refractivity contribution in [3.05, 3.63) is 23.9 Å². The summed E-state index contributed by atoms with van der Waals surface area (Å²) < 4.78 is 5.54. The number of hydrogen-bond acceptors (Lipinski definition) is 4. The van der Waals surface area contributed by atoms with Crippen molar-refractivity contribution in [2.24, 2.45) is 0 Å². The van der Waals surface area contributed by atoms with E-state index in [4.69, 9.17) is 4.74 Å². The summed E-state index contributed by atoms with van der Waals surface area (Å²) in [6, 6.07) is 4.21. The largest absolute Gasteiger partial charge is 0.475 e. The van der Waals surface area contributed by atoms with E-state index in [2.05, 4.69) is 15.2 Å². The average Bonchev–Trinajstić information content (AvgIpc) is 3.26. The lowest BCUT2D eigenvalue weighted by Gasteiger charge is -2.28. The Morgan fingerprint density at radius 1 is 1.28 bits per heavy atom. The zero-order valence-electron chi connectivity index (χ0n) is 15.4. The summed E-state index contributed by atoms with van der Waals surface area (Å²) in [6.45, 7) is 8.71. The molecule has 2 aliphatic heterocycles. The molecular formula is C19H30N4O2. The van der Waals surface area contributed by atoms with Gasteiger partial charge in [0.1, 0.15) is 0 Å². The molecule has 2 saturated heterocycles. The lowest BCUT2D eigenvalue weighted by Crippen LogP contribution is -2.46. The Bertz CT molecular complexity index is 555. The van der Waals surface area contributed by atoms with Gasteiger partial charge < -0.3 is 19.9 Å². The highest BCUT2D eigenvalue weighted by molar-refractivity contribution is 5.74. The van der Waals surface area contributed by atoms with Gasteiger partial charge in [-0.2, -0.15) is 0 Å². The molecule has 0 spiro atoms. The maximum atomic E-state index is 12.6. The third-order valence-corrected chi connectivity index (χ3v) is 4.90. The molecule has 138 valence electrons. The highest BCUT2D eigenvalue weighted by Crippen LogP contribution is 2.20. The number of aromatic nitrogens is 1. The van der Waals surface area contributed by atoms with Gasteiger partial charge in [-0.05, 0) is 58.2 Å². The predicted molar refractivity (Wildman–Crippen MR) is 97.6 cm³/mol. The first-order valence-electron chi connectivity index (χ1n) is 9.50. The molecule has 1 unspecified atom stereocenters.